The number of fused-ring (bicyclic) bond motifs is 2. The van der Waals surface area contributed by atoms with E-state index >= 15 is 0 Å². The lowest BCUT2D eigenvalue weighted by molar-refractivity contribution is 0.306. The third-order valence-electron chi connectivity index (χ3n) is 5.29. The molecule has 0 aromatic heterocycles. The van der Waals surface area contributed by atoms with Crippen LogP contribution in [0, 0.1) is 0 Å². The number of hydrogen-bond donors (Lipinski definition) is 1. The van der Waals surface area contributed by atoms with Crippen LogP contribution < -0.4 is 14.2 Å². The summed E-state index contributed by atoms with van der Waals surface area (Å²) in [7, 11) is -1.71. The molecule has 0 spiro atoms. The van der Waals surface area contributed by atoms with Crippen LogP contribution in [0.1, 0.15) is 35.6 Å². The number of benzene rings is 3. The number of para-hydroxylation sites is 1. The third-order valence-corrected chi connectivity index (χ3v) is 5.90. The summed E-state index contributed by atoms with van der Waals surface area (Å²) in [6, 6.07) is 21.6. The quantitative estimate of drug-likeness (QED) is 0.588. The van der Waals surface area contributed by atoms with Gasteiger partial charge in [-0.2, -0.15) is 0 Å². The zero-order valence-corrected chi connectivity index (χ0v) is 18.6. The maximum atomic E-state index is 11.7. The van der Waals surface area contributed by atoms with Gasteiger partial charge in [-0.05, 0) is 59.0 Å². The number of ether oxygens (including phenoxy) is 2. The van der Waals surface area contributed by atoms with Crippen molar-refractivity contribution in [3.05, 3.63) is 89.0 Å². The van der Waals surface area contributed by atoms with Gasteiger partial charge in [-0.25, -0.2) is 8.42 Å². The molecule has 0 saturated heterocycles. The average molecular weight is 436 g/mol. The number of allylic oxidation sites excluding steroid dienone is 1. The molecule has 0 unspecified atom stereocenters. The van der Waals surface area contributed by atoms with Gasteiger partial charge in [0.15, 0.2) is 0 Å². The molecule has 5 nitrogen and oxygen atoms in total. The topological polar surface area (TPSA) is 64.6 Å². The Morgan fingerprint density at radius 2 is 1.84 bits per heavy atom. The lowest BCUT2D eigenvalue weighted by atomic mass is 9.86. The number of rotatable bonds is 5. The van der Waals surface area contributed by atoms with Crippen LogP contribution in [0.4, 0.5) is 5.69 Å². The second kappa shape index (κ2) is 8.47. The van der Waals surface area contributed by atoms with Gasteiger partial charge in [-0.1, -0.05) is 43.3 Å². The molecule has 1 heterocycles. The maximum absolute atomic E-state index is 11.7. The molecule has 0 atom stereocenters. The SMILES string of the molecule is CC/C(=C1\c2ccc(OC)cc2COc2ccccc21)c1cccc(NS(C)(=O)=O)c1. The van der Waals surface area contributed by atoms with E-state index in [2.05, 4.69) is 23.8 Å². The fourth-order valence-corrected chi connectivity index (χ4v) is 4.55. The Bertz CT molecular complexity index is 1260. The predicted molar refractivity (Wildman–Crippen MR) is 125 cm³/mol. The molecule has 160 valence electrons. The van der Waals surface area contributed by atoms with Gasteiger partial charge in [0.2, 0.25) is 10.0 Å². The molecule has 1 aliphatic heterocycles. The van der Waals surface area contributed by atoms with E-state index in [4.69, 9.17) is 9.47 Å². The molecule has 0 aliphatic carbocycles. The van der Waals surface area contributed by atoms with Gasteiger partial charge in [-0.15, -0.1) is 0 Å². The molecular formula is C25H25NO4S. The van der Waals surface area contributed by atoms with Gasteiger partial charge in [0.1, 0.15) is 18.1 Å². The van der Waals surface area contributed by atoms with Gasteiger partial charge in [0, 0.05) is 16.8 Å². The average Bonchev–Trinajstić information content (AvgIpc) is 2.90. The van der Waals surface area contributed by atoms with Crippen molar-refractivity contribution in [1.82, 2.24) is 0 Å². The van der Waals surface area contributed by atoms with Gasteiger partial charge < -0.3 is 9.47 Å². The van der Waals surface area contributed by atoms with E-state index in [1.54, 1.807) is 13.2 Å². The van der Waals surface area contributed by atoms with E-state index in [9.17, 15) is 8.42 Å². The molecule has 3 aromatic rings. The van der Waals surface area contributed by atoms with E-state index in [0.29, 0.717) is 12.3 Å². The molecule has 1 aliphatic rings. The largest absolute Gasteiger partial charge is 0.497 e. The van der Waals surface area contributed by atoms with Crippen LogP contribution in [-0.4, -0.2) is 21.8 Å². The van der Waals surface area contributed by atoms with E-state index in [0.717, 1.165) is 57.6 Å². The van der Waals surface area contributed by atoms with Crippen molar-refractivity contribution < 1.29 is 17.9 Å². The fourth-order valence-electron chi connectivity index (χ4n) is 3.99. The molecular weight excluding hydrogens is 410 g/mol. The molecule has 0 saturated carbocycles. The van der Waals surface area contributed by atoms with Crippen molar-refractivity contribution >= 4 is 26.9 Å². The standard InChI is InChI=1S/C25H25NO4S/c1-4-21(17-8-7-9-19(14-17)26-31(3,27)28)25-22-13-12-20(29-2)15-18(22)16-30-24-11-6-5-10-23(24)25/h5-15,26H,4,16H2,1-3H3/b25-21-. The monoisotopic (exact) mass is 435 g/mol. The fraction of sp³-hybridized carbons (Fsp3) is 0.200. The number of nitrogens with one attached hydrogen (secondary N) is 1. The highest BCUT2D eigenvalue weighted by atomic mass is 32.2. The summed E-state index contributed by atoms with van der Waals surface area (Å²) in [6.45, 7) is 2.55. The summed E-state index contributed by atoms with van der Waals surface area (Å²) < 4.78 is 37.6. The summed E-state index contributed by atoms with van der Waals surface area (Å²) in [5.74, 6) is 1.61. The lowest BCUT2D eigenvalue weighted by Gasteiger charge is -2.18. The minimum Gasteiger partial charge on any atom is -0.497 e. The van der Waals surface area contributed by atoms with Crippen LogP contribution in [0.5, 0.6) is 11.5 Å². The van der Waals surface area contributed by atoms with E-state index in [1.807, 2.05) is 48.5 Å². The van der Waals surface area contributed by atoms with Crippen LogP contribution >= 0.6 is 0 Å². The highest BCUT2D eigenvalue weighted by molar-refractivity contribution is 7.92. The van der Waals surface area contributed by atoms with Gasteiger partial charge in [0.25, 0.3) is 0 Å². The Labute approximate surface area is 183 Å². The number of hydrogen-bond acceptors (Lipinski definition) is 4. The molecule has 0 fully saturated rings. The summed E-state index contributed by atoms with van der Waals surface area (Å²) in [4.78, 5) is 0. The Morgan fingerprint density at radius 1 is 1.03 bits per heavy atom. The van der Waals surface area contributed by atoms with Gasteiger partial charge >= 0.3 is 0 Å². The normalized spacial score (nSPS) is 14.5. The Morgan fingerprint density at radius 3 is 2.58 bits per heavy atom. The summed E-state index contributed by atoms with van der Waals surface area (Å²) in [5, 5.41) is 0. The Hall–Kier alpha value is -3.25. The van der Waals surface area contributed by atoms with Crippen molar-refractivity contribution in [2.75, 3.05) is 18.1 Å². The predicted octanol–water partition coefficient (Wildman–Crippen LogP) is 5.33. The minimum atomic E-state index is -3.36. The van der Waals surface area contributed by atoms with Crippen molar-refractivity contribution in [3.8, 4) is 11.5 Å². The lowest BCUT2D eigenvalue weighted by Crippen LogP contribution is -2.09. The first-order valence-electron chi connectivity index (χ1n) is 10.1. The summed E-state index contributed by atoms with van der Waals surface area (Å²) in [6.07, 6.45) is 1.92. The highest BCUT2D eigenvalue weighted by Crippen LogP contribution is 2.43. The van der Waals surface area contributed by atoms with Crippen molar-refractivity contribution in [3.63, 3.8) is 0 Å². The first-order chi connectivity index (χ1) is 14.9. The summed E-state index contributed by atoms with van der Waals surface area (Å²) >= 11 is 0. The molecule has 1 N–H and O–H groups in total. The van der Waals surface area contributed by atoms with Crippen molar-refractivity contribution in [1.29, 1.82) is 0 Å². The molecule has 3 aromatic carbocycles. The number of anilines is 1. The zero-order valence-electron chi connectivity index (χ0n) is 17.8. The van der Waals surface area contributed by atoms with Crippen LogP contribution in [0.25, 0.3) is 11.1 Å². The highest BCUT2D eigenvalue weighted by Gasteiger charge is 2.23. The molecule has 0 bridgehead atoms. The summed E-state index contributed by atoms with van der Waals surface area (Å²) in [5.41, 5.74) is 6.85. The van der Waals surface area contributed by atoms with E-state index in [1.165, 1.54) is 0 Å². The molecule has 0 amide bonds. The van der Waals surface area contributed by atoms with E-state index < -0.39 is 10.0 Å². The Kier molecular flexibility index (Phi) is 5.74. The number of methoxy groups -OCH3 is 1. The molecule has 0 radical (unpaired) electrons. The molecule has 6 heteroatoms. The van der Waals surface area contributed by atoms with Gasteiger partial charge in [0.05, 0.1) is 13.4 Å². The van der Waals surface area contributed by atoms with Crippen molar-refractivity contribution in [2.45, 2.75) is 20.0 Å². The second-order valence-electron chi connectivity index (χ2n) is 7.47. The van der Waals surface area contributed by atoms with Gasteiger partial charge in [-0.3, -0.25) is 4.72 Å². The van der Waals surface area contributed by atoms with Crippen molar-refractivity contribution in [2.24, 2.45) is 0 Å². The third kappa shape index (κ3) is 4.44. The number of sulfonamides is 1. The smallest absolute Gasteiger partial charge is 0.229 e. The first-order valence-corrected chi connectivity index (χ1v) is 12.0. The second-order valence-corrected chi connectivity index (χ2v) is 9.22. The Balaban J connectivity index is 1.98. The first kappa shape index (κ1) is 21.0. The molecule has 4 rings (SSSR count). The van der Waals surface area contributed by atoms with Crippen LogP contribution in [0.3, 0.4) is 0 Å². The molecule has 31 heavy (non-hydrogen) atoms. The van der Waals surface area contributed by atoms with Crippen LogP contribution in [0.2, 0.25) is 0 Å². The van der Waals surface area contributed by atoms with Crippen LogP contribution in [0.15, 0.2) is 66.7 Å². The van der Waals surface area contributed by atoms with E-state index in [-0.39, 0.29) is 0 Å². The maximum Gasteiger partial charge on any atom is 0.229 e. The zero-order chi connectivity index (χ0) is 22.0. The minimum absolute atomic E-state index is 0.444. The van der Waals surface area contributed by atoms with Crippen LogP contribution in [-0.2, 0) is 16.6 Å².